The van der Waals surface area contributed by atoms with Gasteiger partial charge in [-0.25, -0.2) is 0 Å². The largest absolute Gasteiger partial charge is 0.325 e. The molecule has 5 rings (SSSR count). The zero-order valence-corrected chi connectivity index (χ0v) is 19.5. The summed E-state index contributed by atoms with van der Waals surface area (Å²) >= 11 is 0. The van der Waals surface area contributed by atoms with Crippen molar-refractivity contribution in [3.63, 3.8) is 0 Å². The number of aromatic nitrogens is 1. The summed E-state index contributed by atoms with van der Waals surface area (Å²) in [4.78, 5) is 47.7. The van der Waals surface area contributed by atoms with Crippen LogP contribution in [0.4, 0.5) is 5.69 Å². The van der Waals surface area contributed by atoms with Crippen LogP contribution in [0.1, 0.15) is 55.2 Å². The minimum atomic E-state index is -0.960. The number of anilines is 1. The molecule has 0 aliphatic carbocycles. The van der Waals surface area contributed by atoms with Gasteiger partial charge >= 0.3 is 0 Å². The lowest BCUT2D eigenvalue weighted by molar-refractivity contribution is -0.137. The van der Waals surface area contributed by atoms with Crippen molar-refractivity contribution in [3.8, 4) is 6.07 Å². The molecule has 34 heavy (non-hydrogen) atoms. The van der Waals surface area contributed by atoms with Crippen LogP contribution in [0.2, 0.25) is 0 Å². The van der Waals surface area contributed by atoms with E-state index in [2.05, 4.69) is 16.4 Å². The second-order valence-electron chi connectivity index (χ2n) is 10.6. The van der Waals surface area contributed by atoms with E-state index in [4.69, 9.17) is 0 Å². The predicted molar refractivity (Wildman–Crippen MR) is 124 cm³/mol. The van der Waals surface area contributed by atoms with E-state index >= 15 is 0 Å². The van der Waals surface area contributed by atoms with Gasteiger partial charge in [0.15, 0.2) is 0 Å². The van der Waals surface area contributed by atoms with Crippen LogP contribution in [-0.4, -0.2) is 51.1 Å². The fourth-order valence-corrected chi connectivity index (χ4v) is 5.49. The van der Waals surface area contributed by atoms with Crippen LogP contribution in [-0.2, 0) is 21.5 Å². The van der Waals surface area contributed by atoms with Gasteiger partial charge in [0.25, 0.3) is 5.91 Å². The number of hydrogen-bond acceptors (Lipinski definition) is 5. The van der Waals surface area contributed by atoms with Crippen LogP contribution >= 0.6 is 0 Å². The first-order chi connectivity index (χ1) is 16.1. The summed E-state index contributed by atoms with van der Waals surface area (Å²) in [6, 6.07) is 11.8. The standard InChI is InChI=1S/C26H27N5O3/c1-25(2,3)12-20(30-14-16-7-6-10-28-21(16)23(30)33)22(32)31-15-26(11-17(31)13-27)18-8-4-5-9-19(18)29-24(26)34/h4-10,17,20H,11-12,14-15H2,1-3H3,(H,29,34)/t17-,20-,26-/m0/s1. The number of carbonyl (C=O) groups excluding carboxylic acids is 3. The molecular formula is C26H27N5O3. The number of pyridine rings is 1. The molecule has 1 N–H and O–H groups in total. The number of likely N-dealkylation sites (tertiary alicyclic amines) is 1. The Morgan fingerprint density at radius 2 is 2.03 bits per heavy atom. The molecule has 3 atom stereocenters. The highest BCUT2D eigenvalue weighted by atomic mass is 16.2. The smallest absolute Gasteiger partial charge is 0.273 e. The Balaban J connectivity index is 1.50. The van der Waals surface area contributed by atoms with Gasteiger partial charge in [-0.1, -0.05) is 45.0 Å². The van der Waals surface area contributed by atoms with Crippen LogP contribution in [0.5, 0.6) is 0 Å². The molecule has 1 aromatic heterocycles. The molecule has 0 saturated carbocycles. The van der Waals surface area contributed by atoms with Crippen molar-refractivity contribution in [3.05, 3.63) is 59.4 Å². The van der Waals surface area contributed by atoms with Gasteiger partial charge in [0.05, 0.1) is 11.5 Å². The molecule has 1 spiro atoms. The van der Waals surface area contributed by atoms with Crippen molar-refractivity contribution < 1.29 is 14.4 Å². The summed E-state index contributed by atoms with van der Waals surface area (Å²) in [5, 5.41) is 12.9. The summed E-state index contributed by atoms with van der Waals surface area (Å²) in [6.07, 6.45) is 2.24. The molecule has 3 amide bonds. The van der Waals surface area contributed by atoms with E-state index in [0.29, 0.717) is 18.7 Å². The lowest BCUT2D eigenvalue weighted by atomic mass is 9.80. The Labute approximate surface area is 198 Å². The third-order valence-electron chi connectivity index (χ3n) is 7.08. The Kier molecular flexibility index (Phi) is 4.97. The molecule has 1 saturated heterocycles. The molecular weight excluding hydrogens is 430 g/mol. The Morgan fingerprint density at radius 1 is 1.26 bits per heavy atom. The molecule has 1 aromatic carbocycles. The first-order valence-electron chi connectivity index (χ1n) is 11.5. The average molecular weight is 458 g/mol. The number of rotatable bonds is 3. The maximum absolute atomic E-state index is 14.1. The van der Waals surface area contributed by atoms with Gasteiger partial charge < -0.3 is 15.1 Å². The maximum Gasteiger partial charge on any atom is 0.273 e. The average Bonchev–Trinajstić information content (AvgIpc) is 3.44. The van der Waals surface area contributed by atoms with Gasteiger partial charge in [0.2, 0.25) is 11.8 Å². The molecule has 1 fully saturated rings. The van der Waals surface area contributed by atoms with E-state index in [1.165, 1.54) is 4.90 Å². The first-order valence-corrected chi connectivity index (χ1v) is 11.5. The van der Waals surface area contributed by atoms with Crippen LogP contribution in [0, 0.1) is 16.7 Å². The number of fused-ring (bicyclic) bond motifs is 3. The molecule has 3 aliphatic rings. The van der Waals surface area contributed by atoms with Gasteiger partial charge in [0, 0.05) is 37.0 Å². The van der Waals surface area contributed by atoms with E-state index in [1.807, 2.05) is 51.1 Å². The van der Waals surface area contributed by atoms with Gasteiger partial charge in [0.1, 0.15) is 17.8 Å². The number of nitrogens with zero attached hydrogens (tertiary/aromatic N) is 4. The van der Waals surface area contributed by atoms with Gasteiger partial charge in [-0.3, -0.25) is 19.4 Å². The lowest BCUT2D eigenvalue weighted by Gasteiger charge is -2.35. The highest BCUT2D eigenvalue weighted by molar-refractivity contribution is 6.07. The van der Waals surface area contributed by atoms with Gasteiger partial charge in [-0.2, -0.15) is 5.26 Å². The normalized spacial score (nSPS) is 24.1. The predicted octanol–water partition coefficient (Wildman–Crippen LogP) is 2.86. The number of nitriles is 1. The molecule has 4 heterocycles. The minimum absolute atomic E-state index is 0.112. The summed E-state index contributed by atoms with van der Waals surface area (Å²) in [7, 11) is 0. The summed E-state index contributed by atoms with van der Waals surface area (Å²) in [5.41, 5.74) is 1.49. The molecule has 8 heteroatoms. The molecule has 0 radical (unpaired) electrons. The van der Waals surface area contributed by atoms with E-state index in [0.717, 1.165) is 16.8 Å². The van der Waals surface area contributed by atoms with Crippen LogP contribution in [0.15, 0.2) is 42.6 Å². The molecule has 3 aliphatic heterocycles. The Bertz CT molecular complexity index is 1240. The second-order valence-corrected chi connectivity index (χ2v) is 10.6. The van der Waals surface area contributed by atoms with Crippen molar-refractivity contribution in [2.24, 2.45) is 5.41 Å². The van der Waals surface area contributed by atoms with E-state index < -0.39 is 17.5 Å². The maximum atomic E-state index is 14.1. The van der Waals surface area contributed by atoms with Crippen LogP contribution in [0.25, 0.3) is 0 Å². The van der Waals surface area contributed by atoms with Gasteiger partial charge in [-0.05, 0) is 29.5 Å². The molecule has 0 bridgehead atoms. The van der Waals surface area contributed by atoms with Crippen molar-refractivity contribution in [2.75, 3.05) is 11.9 Å². The zero-order valence-electron chi connectivity index (χ0n) is 19.5. The summed E-state index contributed by atoms with van der Waals surface area (Å²) < 4.78 is 0. The summed E-state index contributed by atoms with van der Waals surface area (Å²) in [5.74, 6) is -0.758. The Hall–Kier alpha value is -3.73. The van der Waals surface area contributed by atoms with Gasteiger partial charge in [-0.15, -0.1) is 0 Å². The Morgan fingerprint density at radius 3 is 2.74 bits per heavy atom. The third kappa shape index (κ3) is 3.35. The fourth-order valence-electron chi connectivity index (χ4n) is 5.49. The molecule has 0 unspecified atom stereocenters. The zero-order chi connectivity index (χ0) is 24.3. The van der Waals surface area contributed by atoms with Crippen LogP contribution in [0.3, 0.4) is 0 Å². The fraction of sp³-hybridized carbons (Fsp3) is 0.423. The molecule has 8 nitrogen and oxygen atoms in total. The third-order valence-corrected chi connectivity index (χ3v) is 7.08. The number of para-hydroxylation sites is 1. The molecule has 2 aromatic rings. The van der Waals surface area contributed by atoms with Crippen molar-refractivity contribution >= 4 is 23.4 Å². The highest BCUT2D eigenvalue weighted by Crippen LogP contribution is 2.46. The van der Waals surface area contributed by atoms with Crippen molar-refractivity contribution in [1.82, 2.24) is 14.8 Å². The number of amides is 3. The van der Waals surface area contributed by atoms with Crippen LogP contribution < -0.4 is 5.32 Å². The monoisotopic (exact) mass is 457 g/mol. The van der Waals surface area contributed by atoms with E-state index in [1.54, 1.807) is 17.2 Å². The quantitative estimate of drug-likeness (QED) is 0.763. The number of carbonyl (C=O) groups is 3. The second kappa shape index (κ2) is 7.66. The van der Waals surface area contributed by atoms with E-state index in [-0.39, 0.29) is 36.1 Å². The highest BCUT2D eigenvalue weighted by Gasteiger charge is 2.57. The minimum Gasteiger partial charge on any atom is -0.325 e. The summed E-state index contributed by atoms with van der Waals surface area (Å²) in [6.45, 7) is 6.47. The number of nitrogens with one attached hydrogen (secondary N) is 1. The topological polar surface area (TPSA) is 106 Å². The number of benzene rings is 1. The SMILES string of the molecule is CC(C)(C)C[C@@H](C(=O)N1C[C@]2(C[C@H]1C#N)C(=O)Nc1ccccc12)N1Cc2cccnc2C1=O. The molecule has 174 valence electrons. The lowest BCUT2D eigenvalue weighted by Crippen LogP contribution is -2.52. The van der Waals surface area contributed by atoms with Crippen molar-refractivity contribution in [1.29, 1.82) is 5.26 Å². The van der Waals surface area contributed by atoms with E-state index in [9.17, 15) is 19.6 Å². The first kappa shape index (κ1) is 22.1. The van der Waals surface area contributed by atoms with Crippen molar-refractivity contribution in [2.45, 2.75) is 57.7 Å². The number of hydrogen-bond donors (Lipinski definition) is 1.